The number of aliphatic hydroxyl groups excluding tert-OH is 1. The van der Waals surface area contributed by atoms with Crippen LogP contribution in [0.4, 0.5) is 0 Å². The highest BCUT2D eigenvalue weighted by Gasteiger charge is 2.14. The van der Waals surface area contributed by atoms with E-state index in [1.54, 1.807) is 0 Å². The minimum atomic E-state index is -0.467. The van der Waals surface area contributed by atoms with E-state index < -0.39 is 6.10 Å². The highest BCUT2D eigenvalue weighted by molar-refractivity contribution is 8.06. The predicted octanol–water partition coefficient (Wildman–Crippen LogP) is 2.48. The molecule has 1 aromatic carbocycles. The largest absolute Gasteiger partial charge is 0.491 e. The molecule has 0 saturated carbocycles. The van der Waals surface area contributed by atoms with Gasteiger partial charge in [0.05, 0.1) is 0 Å². The average Bonchev–Trinajstić information content (AvgIpc) is 2.49. The second-order valence-electron chi connectivity index (χ2n) is 5.46. The third kappa shape index (κ3) is 6.10. The molecule has 2 N–H and O–H groups in total. The zero-order valence-electron chi connectivity index (χ0n) is 12.8. The summed E-state index contributed by atoms with van der Waals surface area (Å²) in [5, 5.41) is 14.0. The zero-order chi connectivity index (χ0) is 15.1. The molecule has 21 heavy (non-hydrogen) atoms. The number of aliphatic hydroxyl groups is 1. The van der Waals surface area contributed by atoms with Crippen LogP contribution in [-0.4, -0.2) is 53.4 Å². The van der Waals surface area contributed by atoms with Gasteiger partial charge in [-0.15, -0.1) is 0 Å². The summed E-state index contributed by atoms with van der Waals surface area (Å²) in [6, 6.07) is 6.14. The second-order valence-corrected chi connectivity index (χ2v) is 8.02. The molecule has 5 heteroatoms. The van der Waals surface area contributed by atoms with Gasteiger partial charge in [-0.3, -0.25) is 0 Å². The number of nitrogens with one attached hydrogen (secondary N) is 1. The number of ether oxygens (including phenoxy) is 1. The van der Waals surface area contributed by atoms with Crippen LogP contribution in [-0.2, 0) is 0 Å². The van der Waals surface area contributed by atoms with Gasteiger partial charge in [0.1, 0.15) is 18.5 Å². The second kappa shape index (κ2) is 8.93. The highest BCUT2D eigenvalue weighted by atomic mass is 32.2. The molecule has 1 fully saturated rings. The van der Waals surface area contributed by atoms with Crippen LogP contribution in [0.5, 0.6) is 5.75 Å². The Morgan fingerprint density at radius 1 is 1.38 bits per heavy atom. The van der Waals surface area contributed by atoms with Gasteiger partial charge in [0.15, 0.2) is 0 Å². The van der Waals surface area contributed by atoms with Crippen LogP contribution in [0.1, 0.15) is 11.1 Å². The lowest BCUT2D eigenvalue weighted by molar-refractivity contribution is 0.106. The van der Waals surface area contributed by atoms with Crippen molar-refractivity contribution in [1.29, 1.82) is 0 Å². The number of rotatable bonds is 7. The van der Waals surface area contributed by atoms with Gasteiger partial charge in [0.2, 0.25) is 0 Å². The number of benzene rings is 1. The van der Waals surface area contributed by atoms with Crippen molar-refractivity contribution in [3.8, 4) is 5.75 Å². The van der Waals surface area contributed by atoms with Crippen LogP contribution in [0.3, 0.4) is 0 Å². The Hall–Kier alpha value is -0.360. The van der Waals surface area contributed by atoms with E-state index in [2.05, 4.69) is 11.4 Å². The van der Waals surface area contributed by atoms with E-state index in [0.29, 0.717) is 18.4 Å². The highest BCUT2D eigenvalue weighted by Crippen LogP contribution is 2.23. The van der Waals surface area contributed by atoms with Gasteiger partial charge in [0, 0.05) is 35.6 Å². The van der Waals surface area contributed by atoms with Crippen molar-refractivity contribution < 1.29 is 9.84 Å². The van der Waals surface area contributed by atoms with Crippen molar-refractivity contribution >= 4 is 23.5 Å². The average molecular weight is 328 g/mol. The summed E-state index contributed by atoms with van der Waals surface area (Å²) in [6.07, 6.45) is -0.467. The van der Waals surface area contributed by atoms with E-state index in [9.17, 15) is 5.11 Å². The Morgan fingerprint density at radius 3 is 3.00 bits per heavy atom. The van der Waals surface area contributed by atoms with Crippen LogP contribution in [0.15, 0.2) is 18.2 Å². The minimum absolute atomic E-state index is 0.337. The molecule has 0 radical (unpaired) electrons. The molecule has 2 rings (SSSR count). The van der Waals surface area contributed by atoms with Crippen LogP contribution in [0, 0.1) is 13.8 Å². The van der Waals surface area contributed by atoms with Gasteiger partial charge >= 0.3 is 0 Å². The standard InChI is InChI=1S/C16H25NO2S2/c1-12-3-4-13(2)16(7-12)19-10-14(18)8-17-9-15-11-20-5-6-21-15/h3-4,7,14-15,17-18H,5-6,8-11H2,1-2H3. The summed E-state index contributed by atoms with van der Waals surface area (Å²) >= 11 is 4.06. The monoisotopic (exact) mass is 327 g/mol. The molecule has 3 nitrogen and oxygen atoms in total. The number of thioether (sulfide) groups is 2. The minimum Gasteiger partial charge on any atom is -0.491 e. The maximum atomic E-state index is 10.0. The normalized spacial score (nSPS) is 20.2. The lowest BCUT2D eigenvalue weighted by atomic mass is 10.1. The van der Waals surface area contributed by atoms with E-state index in [1.807, 2.05) is 49.5 Å². The smallest absolute Gasteiger partial charge is 0.122 e. The Labute approximate surface area is 136 Å². The molecule has 0 spiro atoms. The van der Waals surface area contributed by atoms with E-state index in [4.69, 9.17) is 4.74 Å². The van der Waals surface area contributed by atoms with Crippen molar-refractivity contribution in [2.75, 3.05) is 37.0 Å². The Kier molecular flexibility index (Phi) is 7.23. The third-order valence-electron chi connectivity index (χ3n) is 3.41. The van der Waals surface area contributed by atoms with Gasteiger partial charge < -0.3 is 15.2 Å². The molecule has 1 aliphatic heterocycles. The third-order valence-corrected chi connectivity index (χ3v) is 6.26. The number of hydrogen-bond donors (Lipinski definition) is 2. The first-order valence-corrected chi connectivity index (χ1v) is 9.63. The number of aryl methyl sites for hydroxylation is 2. The molecule has 0 amide bonds. The number of hydrogen-bond acceptors (Lipinski definition) is 5. The molecule has 0 bridgehead atoms. The molecule has 1 aromatic rings. The quantitative estimate of drug-likeness (QED) is 0.805. The molecular weight excluding hydrogens is 302 g/mol. The first kappa shape index (κ1) is 17.0. The first-order chi connectivity index (χ1) is 10.1. The van der Waals surface area contributed by atoms with Crippen LogP contribution < -0.4 is 10.1 Å². The van der Waals surface area contributed by atoms with Crippen molar-refractivity contribution in [1.82, 2.24) is 5.32 Å². The topological polar surface area (TPSA) is 41.5 Å². The lowest BCUT2D eigenvalue weighted by Gasteiger charge is -2.22. The molecule has 0 aliphatic carbocycles. The van der Waals surface area contributed by atoms with Crippen LogP contribution in [0.25, 0.3) is 0 Å². The molecule has 2 unspecified atom stereocenters. The summed E-state index contributed by atoms with van der Waals surface area (Å²) < 4.78 is 5.72. The fraction of sp³-hybridized carbons (Fsp3) is 0.625. The zero-order valence-corrected chi connectivity index (χ0v) is 14.4. The van der Waals surface area contributed by atoms with Gasteiger partial charge in [-0.1, -0.05) is 12.1 Å². The van der Waals surface area contributed by atoms with Crippen LogP contribution in [0.2, 0.25) is 0 Å². The summed E-state index contributed by atoms with van der Waals surface area (Å²) in [5.74, 6) is 4.60. The maximum absolute atomic E-state index is 10.0. The summed E-state index contributed by atoms with van der Waals surface area (Å²) in [4.78, 5) is 0. The van der Waals surface area contributed by atoms with Gasteiger partial charge in [-0.2, -0.15) is 23.5 Å². The van der Waals surface area contributed by atoms with Gasteiger partial charge in [-0.05, 0) is 31.0 Å². The van der Waals surface area contributed by atoms with E-state index >= 15 is 0 Å². The first-order valence-electron chi connectivity index (χ1n) is 7.43. The van der Waals surface area contributed by atoms with Gasteiger partial charge in [0.25, 0.3) is 0 Å². The molecule has 0 aromatic heterocycles. The molecule has 1 saturated heterocycles. The fourth-order valence-corrected chi connectivity index (χ4v) is 4.82. The van der Waals surface area contributed by atoms with Crippen molar-refractivity contribution in [2.24, 2.45) is 0 Å². The molecule has 1 heterocycles. The molecular formula is C16H25NO2S2. The van der Waals surface area contributed by atoms with E-state index in [1.165, 1.54) is 22.8 Å². The van der Waals surface area contributed by atoms with E-state index in [0.717, 1.165) is 17.9 Å². The molecule has 2 atom stereocenters. The Balaban J connectivity index is 1.65. The Bertz CT molecular complexity index is 436. The van der Waals surface area contributed by atoms with Gasteiger partial charge in [-0.25, -0.2) is 0 Å². The Morgan fingerprint density at radius 2 is 2.24 bits per heavy atom. The SMILES string of the molecule is Cc1ccc(C)c(OCC(O)CNCC2CSCCS2)c1. The van der Waals surface area contributed by atoms with Crippen molar-refractivity contribution in [3.63, 3.8) is 0 Å². The van der Waals surface area contributed by atoms with Crippen LogP contribution >= 0.6 is 23.5 Å². The van der Waals surface area contributed by atoms with E-state index in [-0.39, 0.29) is 0 Å². The molecule has 1 aliphatic rings. The fourth-order valence-electron chi connectivity index (χ4n) is 2.17. The summed E-state index contributed by atoms with van der Waals surface area (Å²) in [5.41, 5.74) is 2.28. The maximum Gasteiger partial charge on any atom is 0.122 e. The molecule has 118 valence electrons. The predicted molar refractivity (Wildman–Crippen MR) is 93.9 cm³/mol. The van der Waals surface area contributed by atoms with Crippen molar-refractivity contribution in [3.05, 3.63) is 29.3 Å². The summed E-state index contributed by atoms with van der Waals surface area (Å²) in [6.45, 7) is 5.97. The summed E-state index contributed by atoms with van der Waals surface area (Å²) in [7, 11) is 0. The lowest BCUT2D eigenvalue weighted by Crippen LogP contribution is -2.36. The van der Waals surface area contributed by atoms with Crippen molar-refractivity contribution in [2.45, 2.75) is 25.2 Å².